The van der Waals surface area contributed by atoms with E-state index < -0.39 is 15.8 Å². The molecule has 0 atom stereocenters. The minimum Gasteiger partial charge on any atom is -0.310 e. The van der Waals surface area contributed by atoms with Crippen LogP contribution in [0.3, 0.4) is 0 Å². The summed E-state index contributed by atoms with van der Waals surface area (Å²) in [5, 5.41) is 3.27. The third kappa shape index (κ3) is 4.64. The first-order chi connectivity index (χ1) is 9.79. The number of hydrogen-bond donors (Lipinski definition) is 2. The number of nitrogens with one attached hydrogen (secondary N) is 2. The molecular weight excluding hydrogens is 315 g/mol. The molecule has 1 aromatic rings. The van der Waals surface area contributed by atoms with Gasteiger partial charge in [-0.15, -0.1) is 0 Å². The highest BCUT2D eigenvalue weighted by atomic mass is 35.5. The van der Waals surface area contributed by atoms with Crippen molar-refractivity contribution in [2.24, 2.45) is 5.92 Å². The van der Waals surface area contributed by atoms with Gasteiger partial charge in [-0.1, -0.05) is 25.4 Å². The van der Waals surface area contributed by atoms with Gasteiger partial charge < -0.3 is 5.32 Å². The topological polar surface area (TPSA) is 58.2 Å². The average molecular weight is 335 g/mol. The first-order valence-electron chi connectivity index (χ1n) is 7.00. The smallest absolute Gasteiger partial charge is 0.243 e. The molecular formula is C14H20ClFN2O2S. The highest BCUT2D eigenvalue weighted by Gasteiger charge is 2.27. The van der Waals surface area contributed by atoms with Crippen molar-refractivity contribution in [2.75, 3.05) is 6.54 Å². The van der Waals surface area contributed by atoms with E-state index in [1.165, 1.54) is 6.07 Å². The van der Waals surface area contributed by atoms with Crippen LogP contribution in [0.25, 0.3) is 0 Å². The van der Waals surface area contributed by atoms with Crippen LogP contribution in [-0.4, -0.2) is 21.0 Å². The van der Waals surface area contributed by atoms with Crippen molar-refractivity contribution in [1.82, 2.24) is 10.0 Å². The molecule has 0 heterocycles. The molecule has 0 aliphatic heterocycles. The number of hydrogen-bond acceptors (Lipinski definition) is 3. The molecule has 118 valence electrons. The van der Waals surface area contributed by atoms with Gasteiger partial charge in [0.25, 0.3) is 0 Å². The van der Waals surface area contributed by atoms with Crippen molar-refractivity contribution in [3.63, 3.8) is 0 Å². The van der Waals surface area contributed by atoms with Gasteiger partial charge in [0.2, 0.25) is 10.0 Å². The summed E-state index contributed by atoms with van der Waals surface area (Å²) in [6.07, 6.45) is 2.04. The van der Waals surface area contributed by atoms with Crippen LogP contribution in [0.15, 0.2) is 17.0 Å². The largest absolute Gasteiger partial charge is 0.310 e. The Morgan fingerprint density at radius 1 is 1.38 bits per heavy atom. The van der Waals surface area contributed by atoms with Crippen LogP contribution in [0.1, 0.15) is 32.3 Å². The van der Waals surface area contributed by atoms with Gasteiger partial charge in [-0.2, -0.15) is 0 Å². The van der Waals surface area contributed by atoms with E-state index in [9.17, 15) is 12.8 Å². The Morgan fingerprint density at radius 2 is 2.05 bits per heavy atom. The van der Waals surface area contributed by atoms with Crippen LogP contribution in [0.5, 0.6) is 0 Å². The molecule has 1 saturated carbocycles. The number of rotatable bonds is 7. The Balaban J connectivity index is 2.24. The molecule has 2 rings (SSSR count). The van der Waals surface area contributed by atoms with E-state index in [2.05, 4.69) is 10.0 Å². The van der Waals surface area contributed by atoms with Crippen LogP contribution in [0.4, 0.5) is 4.39 Å². The van der Waals surface area contributed by atoms with E-state index in [1.54, 1.807) is 0 Å². The summed E-state index contributed by atoms with van der Waals surface area (Å²) in [7, 11) is -3.87. The van der Waals surface area contributed by atoms with Gasteiger partial charge >= 0.3 is 0 Å². The summed E-state index contributed by atoms with van der Waals surface area (Å²) in [6.45, 7) is 4.44. The van der Waals surface area contributed by atoms with Crippen LogP contribution in [0, 0.1) is 11.7 Å². The molecule has 1 fully saturated rings. The van der Waals surface area contributed by atoms with Crippen LogP contribution >= 0.6 is 11.6 Å². The van der Waals surface area contributed by atoms with Crippen molar-refractivity contribution < 1.29 is 12.8 Å². The zero-order valence-corrected chi connectivity index (χ0v) is 13.7. The fourth-order valence-corrected chi connectivity index (χ4v) is 3.45. The maximum atomic E-state index is 14.4. The van der Waals surface area contributed by atoms with Gasteiger partial charge in [0.1, 0.15) is 10.7 Å². The lowest BCUT2D eigenvalue weighted by Crippen LogP contribution is -2.28. The van der Waals surface area contributed by atoms with Gasteiger partial charge in [-0.05, 0) is 30.9 Å². The van der Waals surface area contributed by atoms with Gasteiger partial charge in [0.05, 0.1) is 0 Å². The lowest BCUT2D eigenvalue weighted by molar-refractivity contribution is 0.528. The zero-order valence-electron chi connectivity index (χ0n) is 12.1. The normalized spacial score (nSPS) is 15.7. The molecule has 1 aliphatic carbocycles. The third-order valence-corrected chi connectivity index (χ3v) is 4.97. The second-order valence-electron chi connectivity index (χ2n) is 5.71. The van der Waals surface area contributed by atoms with E-state index in [0.29, 0.717) is 12.5 Å². The maximum absolute atomic E-state index is 14.4. The molecule has 0 unspecified atom stereocenters. The zero-order chi connectivity index (χ0) is 15.6. The second kappa shape index (κ2) is 6.60. The van der Waals surface area contributed by atoms with E-state index in [0.717, 1.165) is 18.9 Å². The maximum Gasteiger partial charge on any atom is 0.243 e. The molecule has 0 amide bonds. The van der Waals surface area contributed by atoms with Gasteiger partial charge in [0.15, 0.2) is 0 Å². The first kappa shape index (κ1) is 16.7. The van der Waals surface area contributed by atoms with E-state index in [4.69, 9.17) is 11.6 Å². The van der Waals surface area contributed by atoms with E-state index >= 15 is 0 Å². The fraction of sp³-hybridized carbons (Fsp3) is 0.571. The van der Waals surface area contributed by atoms with Crippen molar-refractivity contribution in [3.05, 3.63) is 28.5 Å². The predicted octanol–water partition coefficient (Wildman–Crippen LogP) is 2.67. The summed E-state index contributed by atoms with van der Waals surface area (Å²) >= 11 is 5.93. The van der Waals surface area contributed by atoms with Crippen molar-refractivity contribution in [2.45, 2.75) is 44.2 Å². The molecule has 4 nitrogen and oxygen atoms in total. The van der Waals surface area contributed by atoms with Gasteiger partial charge in [-0.25, -0.2) is 17.5 Å². The summed E-state index contributed by atoms with van der Waals surface area (Å²) in [4.78, 5) is -0.379. The summed E-state index contributed by atoms with van der Waals surface area (Å²) in [6, 6.07) is 2.77. The lowest BCUT2D eigenvalue weighted by Gasteiger charge is -2.13. The van der Waals surface area contributed by atoms with Crippen molar-refractivity contribution in [3.8, 4) is 0 Å². The SMILES string of the molecule is CC(C)NCc1cc(Cl)cc(S(=O)(=O)NCC2CC2)c1F. The van der Waals surface area contributed by atoms with Crippen LogP contribution in [-0.2, 0) is 16.6 Å². The molecule has 0 bridgehead atoms. The minimum absolute atomic E-state index is 0.163. The van der Waals surface area contributed by atoms with Crippen LogP contribution < -0.4 is 10.0 Å². The molecule has 1 aliphatic rings. The highest BCUT2D eigenvalue weighted by molar-refractivity contribution is 7.89. The molecule has 21 heavy (non-hydrogen) atoms. The number of halogens is 2. The van der Waals surface area contributed by atoms with E-state index in [-0.39, 0.29) is 28.1 Å². The van der Waals surface area contributed by atoms with Crippen molar-refractivity contribution in [1.29, 1.82) is 0 Å². The quantitative estimate of drug-likeness (QED) is 0.806. The number of benzene rings is 1. The van der Waals surface area contributed by atoms with Gasteiger partial charge in [0, 0.05) is 29.7 Å². The Labute approximate surface area is 130 Å². The minimum atomic E-state index is -3.87. The molecule has 0 radical (unpaired) electrons. The Morgan fingerprint density at radius 3 is 2.62 bits per heavy atom. The standard InChI is InChI=1S/C14H20ClFN2O2S/c1-9(2)17-8-11-5-12(15)6-13(14(11)16)21(19,20)18-7-10-3-4-10/h5-6,9-10,17-18H,3-4,7-8H2,1-2H3. The Kier molecular flexibility index (Phi) is 5.24. The molecule has 0 spiro atoms. The van der Waals surface area contributed by atoms with Crippen molar-refractivity contribution >= 4 is 21.6 Å². The Bertz CT molecular complexity index is 616. The highest BCUT2D eigenvalue weighted by Crippen LogP contribution is 2.29. The molecule has 2 N–H and O–H groups in total. The summed E-state index contributed by atoms with van der Waals surface area (Å²) < 4.78 is 41.3. The summed E-state index contributed by atoms with van der Waals surface area (Å²) in [5.41, 5.74) is 0.253. The summed E-state index contributed by atoms with van der Waals surface area (Å²) in [5.74, 6) is -0.361. The third-order valence-electron chi connectivity index (χ3n) is 3.33. The molecule has 7 heteroatoms. The average Bonchev–Trinajstić information content (AvgIpc) is 3.21. The Hall–Kier alpha value is -0.690. The lowest BCUT2D eigenvalue weighted by atomic mass is 10.2. The molecule has 0 aromatic heterocycles. The monoisotopic (exact) mass is 334 g/mol. The number of sulfonamides is 1. The molecule has 0 saturated heterocycles. The first-order valence-corrected chi connectivity index (χ1v) is 8.86. The fourth-order valence-electron chi connectivity index (χ4n) is 1.88. The van der Waals surface area contributed by atoms with Gasteiger partial charge in [-0.3, -0.25) is 0 Å². The van der Waals surface area contributed by atoms with Crippen LogP contribution in [0.2, 0.25) is 5.02 Å². The molecule has 1 aromatic carbocycles. The predicted molar refractivity (Wildman–Crippen MR) is 81.3 cm³/mol. The van der Waals surface area contributed by atoms with E-state index in [1.807, 2.05) is 13.8 Å². The second-order valence-corrected chi connectivity index (χ2v) is 7.88.